The second kappa shape index (κ2) is 5.34. The van der Waals surface area contributed by atoms with Gasteiger partial charge in [-0.25, -0.2) is 8.42 Å². The molecule has 106 valence electrons. The van der Waals surface area contributed by atoms with Gasteiger partial charge >= 0.3 is 0 Å². The van der Waals surface area contributed by atoms with Crippen LogP contribution in [0.15, 0.2) is 46.2 Å². The average molecular weight is 311 g/mol. The summed E-state index contributed by atoms with van der Waals surface area (Å²) in [4.78, 5) is 0.126. The Labute approximate surface area is 123 Å². The Kier molecular flexibility index (Phi) is 3.92. The first-order valence-corrected chi connectivity index (χ1v) is 7.91. The summed E-state index contributed by atoms with van der Waals surface area (Å²) in [5, 5.41) is 0.238. The third kappa shape index (κ3) is 2.59. The topological polar surface area (TPSA) is 86.2 Å². The highest BCUT2D eigenvalue weighted by Crippen LogP contribution is 2.33. The molecule has 0 spiro atoms. The van der Waals surface area contributed by atoms with Crippen molar-refractivity contribution in [3.05, 3.63) is 47.0 Å². The Balaban J connectivity index is 2.66. The molecule has 2 rings (SSSR count). The van der Waals surface area contributed by atoms with E-state index in [2.05, 4.69) is 0 Å². The number of rotatable bonds is 3. The Morgan fingerprint density at radius 3 is 2.50 bits per heavy atom. The molecule has 2 aromatic carbocycles. The van der Waals surface area contributed by atoms with E-state index in [0.29, 0.717) is 0 Å². The minimum atomic E-state index is -3.74. The van der Waals surface area contributed by atoms with Crippen molar-refractivity contribution < 1.29 is 8.42 Å². The first-order valence-electron chi connectivity index (χ1n) is 6.04. The summed E-state index contributed by atoms with van der Waals surface area (Å²) in [6.45, 7) is 1.96. The Bertz CT molecular complexity index is 758. The van der Waals surface area contributed by atoms with Crippen molar-refractivity contribution in [3.8, 4) is 0 Å². The van der Waals surface area contributed by atoms with Crippen molar-refractivity contribution in [2.45, 2.75) is 23.1 Å². The van der Waals surface area contributed by atoms with Gasteiger partial charge in [0.05, 0.1) is 21.2 Å². The van der Waals surface area contributed by atoms with Gasteiger partial charge < -0.3 is 11.5 Å². The normalized spacial score (nSPS) is 11.5. The largest absolute Gasteiger partial charge is 0.397 e. The Morgan fingerprint density at radius 1 is 1.15 bits per heavy atom. The number of nitrogens with two attached hydrogens (primary N) is 2. The molecular formula is C14H15ClN2O2S. The predicted molar refractivity (Wildman–Crippen MR) is 81.5 cm³/mol. The highest BCUT2D eigenvalue weighted by molar-refractivity contribution is 7.91. The summed E-state index contributed by atoms with van der Waals surface area (Å²) in [6, 6.07) is 9.49. The zero-order chi connectivity index (χ0) is 14.9. The first kappa shape index (κ1) is 14.7. The van der Waals surface area contributed by atoms with Crippen LogP contribution in [0.1, 0.15) is 12.5 Å². The van der Waals surface area contributed by atoms with Crippen LogP contribution in [0.2, 0.25) is 5.02 Å². The molecule has 6 heteroatoms. The van der Waals surface area contributed by atoms with E-state index in [1.54, 1.807) is 12.1 Å². The average Bonchev–Trinajstić information content (AvgIpc) is 2.42. The smallest absolute Gasteiger partial charge is 0.208 e. The number of anilines is 2. The third-order valence-electron chi connectivity index (χ3n) is 3.05. The van der Waals surface area contributed by atoms with E-state index < -0.39 is 9.84 Å². The highest BCUT2D eigenvalue weighted by Gasteiger charge is 2.22. The molecule has 0 amide bonds. The monoisotopic (exact) mass is 310 g/mol. The van der Waals surface area contributed by atoms with Crippen LogP contribution in [-0.4, -0.2) is 8.42 Å². The van der Waals surface area contributed by atoms with Crippen LogP contribution >= 0.6 is 11.6 Å². The van der Waals surface area contributed by atoms with Crippen LogP contribution in [0, 0.1) is 0 Å². The maximum Gasteiger partial charge on any atom is 0.208 e. The molecular weight excluding hydrogens is 296 g/mol. The summed E-state index contributed by atoms with van der Waals surface area (Å²) in [6.07, 6.45) is 0.747. The van der Waals surface area contributed by atoms with Crippen LogP contribution in [0.4, 0.5) is 11.4 Å². The number of aryl methyl sites for hydroxylation is 1. The molecule has 4 nitrogen and oxygen atoms in total. The molecule has 0 atom stereocenters. The highest BCUT2D eigenvalue weighted by atomic mass is 35.5. The zero-order valence-electron chi connectivity index (χ0n) is 10.9. The van der Waals surface area contributed by atoms with Crippen LogP contribution in [0.25, 0.3) is 0 Å². The van der Waals surface area contributed by atoms with Crippen molar-refractivity contribution in [1.82, 2.24) is 0 Å². The van der Waals surface area contributed by atoms with Gasteiger partial charge in [0.2, 0.25) is 9.84 Å². The number of hydrogen-bond donors (Lipinski definition) is 2. The van der Waals surface area contributed by atoms with Crippen molar-refractivity contribution in [1.29, 1.82) is 0 Å². The maximum absolute atomic E-state index is 12.6. The summed E-state index contributed by atoms with van der Waals surface area (Å²) >= 11 is 5.87. The summed E-state index contributed by atoms with van der Waals surface area (Å²) in [5.41, 5.74) is 12.6. The first-order chi connectivity index (χ1) is 9.36. The minimum absolute atomic E-state index is 0.0244. The van der Waals surface area contributed by atoms with Crippen LogP contribution in [0.3, 0.4) is 0 Å². The van der Waals surface area contributed by atoms with E-state index >= 15 is 0 Å². The number of sulfone groups is 1. The Hall–Kier alpha value is -1.72. The van der Waals surface area contributed by atoms with Gasteiger partial charge in [-0.3, -0.25) is 0 Å². The van der Waals surface area contributed by atoms with Crippen molar-refractivity contribution in [2.75, 3.05) is 11.5 Å². The maximum atomic E-state index is 12.6. The van der Waals surface area contributed by atoms with Gasteiger partial charge in [0.1, 0.15) is 0 Å². The van der Waals surface area contributed by atoms with Crippen molar-refractivity contribution >= 4 is 32.8 Å². The fourth-order valence-corrected chi connectivity index (χ4v) is 3.69. The molecule has 0 fully saturated rings. The second-order valence-electron chi connectivity index (χ2n) is 4.41. The summed E-state index contributed by atoms with van der Waals surface area (Å²) in [5.74, 6) is 0. The van der Waals surface area contributed by atoms with Gasteiger partial charge in [-0.05, 0) is 36.2 Å². The molecule has 0 bridgehead atoms. The quantitative estimate of drug-likeness (QED) is 0.853. The molecule has 2 aromatic rings. The predicted octanol–water partition coefficient (Wildman–Crippen LogP) is 2.90. The van der Waals surface area contributed by atoms with Gasteiger partial charge in [-0.2, -0.15) is 0 Å². The van der Waals surface area contributed by atoms with E-state index in [1.807, 2.05) is 13.0 Å². The summed E-state index contributed by atoms with van der Waals surface area (Å²) in [7, 11) is -3.74. The van der Waals surface area contributed by atoms with E-state index in [0.717, 1.165) is 12.0 Å². The molecule has 0 heterocycles. The molecule has 4 N–H and O–H groups in total. The van der Waals surface area contributed by atoms with Gasteiger partial charge in [0.15, 0.2) is 0 Å². The molecule has 0 aromatic heterocycles. The molecule has 0 aliphatic rings. The van der Waals surface area contributed by atoms with E-state index in [-0.39, 0.29) is 26.2 Å². The lowest BCUT2D eigenvalue weighted by Crippen LogP contribution is -2.08. The fourth-order valence-electron chi connectivity index (χ4n) is 1.90. The molecule has 20 heavy (non-hydrogen) atoms. The van der Waals surface area contributed by atoms with Gasteiger partial charge in [-0.15, -0.1) is 0 Å². The van der Waals surface area contributed by atoms with Gasteiger partial charge in [0.25, 0.3) is 0 Å². The van der Waals surface area contributed by atoms with E-state index in [9.17, 15) is 8.42 Å². The standard InChI is InChI=1S/C14H15ClN2O2S/c1-2-9-4-3-5-11(6-9)20(18,19)13-8-10(15)7-12(16)14(13)17/h3-8H,2,16-17H2,1H3. The molecule has 0 unspecified atom stereocenters. The van der Waals surface area contributed by atoms with Gasteiger partial charge in [-0.1, -0.05) is 30.7 Å². The number of halogens is 1. The molecule has 0 aliphatic carbocycles. The van der Waals surface area contributed by atoms with Gasteiger partial charge in [0, 0.05) is 5.02 Å². The number of nitrogen functional groups attached to an aromatic ring is 2. The molecule has 0 aliphatic heterocycles. The van der Waals surface area contributed by atoms with E-state index in [4.69, 9.17) is 23.1 Å². The Morgan fingerprint density at radius 2 is 1.85 bits per heavy atom. The lowest BCUT2D eigenvalue weighted by Gasteiger charge is -2.11. The second-order valence-corrected chi connectivity index (χ2v) is 6.77. The van der Waals surface area contributed by atoms with Crippen molar-refractivity contribution in [2.24, 2.45) is 0 Å². The fraction of sp³-hybridized carbons (Fsp3) is 0.143. The summed E-state index contributed by atoms with van der Waals surface area (Å²) < 4.78 is 25.3. The van der Waals surface area contributed by atoms with Crippen LogP contribution in [0.5, 0.6) is 0 Å². The van der Waals surface area contributed by atoms with Crippen LogP contribution < -0.4 is 11.5 Å². The lowest BCUT2D eigenvalue weighted by atomic mass is 10.2. The molecule has 0 radical (unpaired) electrons. The minimum Gasteiger partial charge on any atom is -0.397 e. The third-order valence-corrected chi connectivity index (χ3v) is 5.05. The SMILES string of the molecule is CCc1cccc(S(=O)(=O)c2cc(Cl)cc(N)c2N)c1. The molecule has 0 saturated carbocycles. The van der Waals surface area contributed by atoms with Crippen LogP contribution in [-0.2, 0) is 16.3 Å². The lowest BCUT2D eigenvalue weighted by molar-refractivity contribution is 0.596. The number of benzene rings is 2. The molecule has 0 saturated heterocycles. The zero-order valence-corrected chi connectivity index (χ0v) is 12.5. The number of hydrogen-bond acceptors (Lipinski definition) is 4. The van der Waals surface area contributed by atoms with E-state index in [1.165, 1.54) is 18.2 Å². The van der Waals surface area contributed by atoms with Crippen molar-refractivity contribution in [3.63, 3.8) is 0 Å².